The van der Waals surface area contributed by atoms with Crippen molar-refractivity contribution in [2.45, 2.75) is 123 Å². The van der Waals surface area contributed by atoms with Gasteiger partial charge in [-0.1, -0.05) is 0 Å². The second kappa shape index (κ2) is 14.1. The van der Waals surface area contributed by atoms with Crippen molar-refractivity contribution in [2.24, 2.45) is 28.7 Å². The minimum atomic E-state index is -1.62. The Balaban J connectivity index is 1.50. The SMILES string of the molecule is NC[C@@H]1O[C@H](O[C@H]2[C@@H](O)[C@@H](O[C@@H]3[C@H](O)[C@H](N)C[C@H](N)[C@@H]3O[C@@H]3O[C@H](CO)[C@H](O)[C@H](O)[C@@H]3N)O[C@H]2CO)[C@H](N)[C@@H](O)[C@H]1O. The van der Waals surface area contributed by atoms with Crippen LogP contribution in [0.15, 0.2) is 0 Å². The van der Waals surface area contributed by atoms with Crippen molar-refractivity contribution in [3.05, 3.63) is 0 Å². The van der Waals surface area contributed by atoms with Crippen LogP contribution < -0.4 is 28.7 Å². The Morgan fingerprint density at radius 3 is 1.55 bits per heavy atom. The van der Waals surface area contributed by atoms with Crippen molar-refractivity contribution in [2.75, 3.05) is 19.8 Å². The molecule has 18 N–H and O–H groups in total. The fourth-order valence-corrected chi connectivity index (χ4v) is 5.70. The van der Waals surface area contributed by atoms with E-state index in [1.807, 2.05) is 0 Å². The van der Waals surface area contributed by atoms with Gasteiger partial charge in [-0.05, 0) is 6.42 Å². The van der Waals surface area contributed by atoms with Crippen LogP contribution in [0.5, 0.6) is 0 Å². The van der Waals surface area contributed by atoms with Crippen molar-refractivity contribution in [3.8, 4) is 0 Å². The lowest BCUT2D eigenvalue weighted by molar-refractivity contribution is -0.310. The third-order valence-corrected chi connectivity index (χ3v) is 8.32. The largest absolute Gasteiger partial charge is 0.394 e. The van der Waals surface area contributed by atoms with E-state index in [1.54, 1.807) is 0 Å². The van der Waals surface area contributed by atoms with E-state index in [2.05, 4.69) is 0 Å². The maximum Gasteiger partial charge on any atom is 0.187 e. The first-order valence-electron chi connectivity index (χ1n) is 13.8. The van der Waals surface area contributed by atoms with Crippen LogP contribution in [-0.2, 0) is 28.4 Å². The number of hydrogen-bond donors (Lipinski definition) is 13. The van der Waals surface area contributed by atoms with E-state index in [9.17, 15) is 40.9 Å². The summed E-state index contributed by atoms with van der Waals surface area (Å²) in [6, 6.07) is -4.30. The molecule has 4 fully saturated rings. The molecule has 1 aliphatic carbocycles. The van der Waals surface area contributed by atoms with Gasteiger partial charge in [0, 0.05) is 18.6 Å². The van der Waals surface area contributed by atoms with E-state index in [-0.39, 0.29) is 13.0 Å². The summed E-state index contributed by atoms with van der Waals surface area (Å²) in [5, 5.41) is 82.3. The van der Waals surface area contributed by atoms with Crippen LogP contribution in [0, 0.1) is 0 Å². The molecular weight excluding hydrogens is 570 g/mol. The number of hydrogen-bond acceptors (Lipinski definition) is 19. The standard InChI is InChI=1S/C23H45N5O14/c24-2-7-13(32)15(34)10(27)21(37-7)41-19-9(4-30)39-23(17(19)36)42-20-12(31)5(25)1-6(26)18(20)40-22-11(28)16(35)14(33)8(3-29)38-22/h5-23,29-36H,1-4,24-28H2/t5-,6+,7+,8-,9+,10-,11+,12-,13+,14+,15-,16-,17-,18+,19-,20-,21-,22+,23-/m1/s1. The Hall–Kier alpha value is -0.760. The van der Waals surface area contributed by atoms with Gasteiger partial charge in [0.2, 0.25) is 0 Å². The molecule has 0 radical (unpaired) electrons. The number of aliphatic hydroxyl groups is 8. The third-order valence-electron chi connectivity index (χ3n) is 8.32. The fraction of sp³-hybridized carbons (Fsp3) is 1.00. The van der Waals surface area contributed by atoms with E-state index in [0.717, 1.165) is 0 Å². The van der Waals surface area contributed by atoms with Gasteiger partial charge in [0.1, 0.15) is 67.1 Å². The van der Waals surface area contributed by atoms with Crippen molar-refractivity contribution >= 4 is 0 Å². The van der Waals surface area contributed by atoms with Gasteiger partial charge < -0.3 is 97.9 Å². The quantitative estimate of drug-likeness (QED) is 0.114. The maximum atomic E-state index is 11.1. The van der Waals surface area contributed by atoms with Crippen molar-refractivity contribution in [3.63, 3.8) is 0 Å². The summed E-state index contributed by atoms with van der Waals surface area (Å²) in [7, 11) is 0. The van der Waals surface area contributed by atoms with E-state index in [4.69, 9.17) is 57.1 Å². The first-order chi connectivity index (χ1) is 19.8. The second-order valence-electron chi connectivity index (χ2n) is 11.2. The summed E-state index contributed by atoms with van der Waals surface area (Å²) < 4.78 is 34.4. The molecule has 3 heterocycles. The Morgan fingerprint density at radius 2 is 1.00 bits per heavy atom. The van der Waals surface area contributed by atoms with Crippen LogP contribution >= 0.6 is 0 Å². The predicted molar refractivity (Wildman–Crippen MR) is 136 cm³/mol. The van der Waals surface area contributed by atoms with E-state index in [1.165, 1.54) is 0 Å². The predicted octanol–water partition coefficient (Wildman–Crippen LogP) is -8.86. The van der Waals surface area contributed by atoms with Gasteiger partial charge in [-0.3, -0.25) is 0 Å². The zero-order valence-electron chi connectivity index (χ0n) is 22.7. The summed E-state index contributed by atoms with van der Waals surface area (Å²) in [6.45, 7) is -1.49. The molecule has 3 saturated heterocycles. The molecule has 19 atom stereocenters. The molecule has 0 amide bonds. The molecule has 0 spiro atoms. The Morgan fingerprint density at radius 1 is 0.524 bits per heavy atom. The van der Waals surface area contributed by atoms with Crippen LogP contribution in [0.25, 0.3) is 0 Å². The first kappa shape index (κ1) is 34.1. The third kappa shape index (κ3) is 6.60. The molecule has 1 saturated carbocycles. The van der Waals surface area contributed by atoms with Crippen LogP contribution in [0.1, 0.15) is 6.42 Å². The minimum Gasteiger partial charge on any atom is -0.394 e. The fourth-order valence-electron chi connectivity index (χ4n) is 5.70. The summed E-state index contributed by atoms with van der Waals surface area (Å²) >= 11 is 0. The molecule has 0 unspecified atom stereocenters. The number of aliphatic hydroxyl groups excluding tert-OH is 8. The zero-order valence-corrected chi connectivity index (χ0v) is 22.7. The second-order valence-corrected chi connectivity index (χ2v) is 11.2. The molecule has 4 aliphatic rings. The lowest BCUT2D eigenvalue weighted by Crippen LogP contribution is -2.68. The van der Waals surface area contributed by atoms with Gasteiger partial charge >= 0.3 is 0 Å². The van der Waals surface area contributed by atoms with Gasteiger partial charge in [-0.25, -0.2) is 0 Å². The summed E-state index contributed by atoms with van der Waals surface area (Å²) in [5.74, 6) is 0. The Labute approximate surface area is 240 Å². The molecule has 19 heteroatoms. The number of ether oxygens (including phenoxy) is 6. The molecule has 3 aliphatic heterocycles. The van der Waals surface area contributed by atoms with Crippen molar-refractivity contribution in [1.82, 2.24) is 0 Å². The molecular formula is C23H45N5O14. The van der Waals surface area contributed by atoms with Gasteiger partial charge in [-0.2, -0.15) is 0 Å². The van der Waals surface area contributed by atoms with E-state index >= 15 is 0 Å². The van der Waals surface area contributed by atoms with Gasteiger partial charge in [-0.15, -0.1) is 0 Å². The zero-order chi connectivity index (χ0) is 31.0. The summed E-state index contributed by atoms with van der Waals surface area (Å²) in [5.41, 5.74) is 29.9. The monoisotopic (exact) mass is 615 g/mol. The van der Waals surface area contributed by atoms with Crippen molar-refractivity contribution in [1.29, 1.82) is 0 Å². The molecule has 42 heavy (non-hydrogen) atoms. The van der Waals surface area contributed by atoms with Crippen LogP contribution in [0.3, 0.4) is 0 Å². The molecule has 19 nitrogen and oxygen atoms in total. The molecule has 246 valence electrons. The Bertz CT molecular complexity index is 866. The van der Waals surface area contributed by atoms with Crippen LogP contribution in [0.4, 0.5) is 0 Å². The summed E-state index contributed by atoms with van der Waals surface area (Å²) in [4.78, 5) is 0. The van der Waals surface area contributed by atoms with Crippen LogP contribution in [0.2, 0.25) is 0 Å². The number of rotatable bonds is 9. The average molecular weight is 616 g/mol. The maximum absolute atomic E-state index is 11.1. The molecule has 4 rings (SSSR count). The molecule has 0 aromatic heterocycles. The van der Waals surface area contributed by atoms with Gasteiger partial charge in [0.25, 0.3) is 0 Å². The van der Waals surface area contributed by atoms with Gasteiger partial charge in [0.15, 0.2) is 18.9 Å². The minimum absolute atomic E-state index is 0.0642. The van der Waals surface area contributed by atoms with Crippen molar-refractivity contribution < 1.29 is 69.3 Å². The van der Waals surface area contributed by atoms with Gasteiger partial charge in [0.05, 0.1) is 31.4 Å². The molecule has 0 bridgehead atoms. The van der Waals surface area contributed by atoms with Crippen LogP contribution in [-0.4, -0.2) is 177 Å². The highest BCUT2D eigenvalue weighted by Crippen LogP contribution is 2.34. The normalized spacial score (nSPS) is 53.8. The average Bonchev–Trinajstić information content (AvgIpc) is 3.27. The smallest absolute Gasteiger partial charge is 0.187 e. The highest BCUT2D eigenvalue weighted by atomic mass is 16.8. The Kier molecular flexibility index (Phi) is 11.5. The highest BCUT2D eigenvalue weighted by Gasteiger charge is 2.54. The highest BCUT2D eigenvalue weighted by molar-refractivity contribution is 5.02. The number of nitrogens with two attached hydrogens (primary N) is 5. The molecule has 0 aromatic rings. The van der Waals surface area contributed by atoms with E-state index in [0.29, 0.717) is 0 Å². The topological polar surface area (TPSA) is 347 Å². The first-order valence-corrected chi connectivity index (χ1v) is 13.8. The summed E-state index contributed by atoms with van der Waals surface area (Å²) in [6.07, 6.45) is -20.5. The lowest BCUT2D eigenvalue weighted by atomic mass is 9.84. The van der Waals surface area contributed by atoms with E-state index < -0.39 is 129 Å². The lowest BCUT2D eigenvalue weighted by Gasteiger charge is -2.47. The molecule has 0 aromatic carbocycles.